The minimum Gasteiger partial charge on any atom is -0.497 e. The van der Waals surface area contributed by atoms with Crippen LogP contribution in [0.25, 0.3) is 11.3 Å². The molecule has 29 heavy (non-hydrogen) atoms. The van der Waals surface area contributed by atoms with Crippen LogP contribution in [0, 0.1) is 0 Å². The van der Waals surface area contributed by atoms with E-state index in [4.69, 9.17) is 18.7 Å². The molecule has 1 aliphatic heterocycles. The highest BCUT2D eigenvalue weighted by Gasteiger charge is 2.22. The van der Waals surface area contributed by atoms with Crippen molar-refractivity contribution >= 4 is 11.8 Å². The van der Waals surface area contributed by atoms with Gasteiger partial charge >= 0.3 is 0 Å². The fourth-order valence-electron chi connectivity index (χ4n) is 3.02. The van der Waals surface area contributed by atoms with Crippen LogP contribution in [0.5, 0.6) is 11.5 Å². The molecule has 9 heteroatoms. The number of hydrogen-bond donors (Lipinski definition) is 2. The standard InChI is InChI=1S/C20H25N3O6/c1-12(19(24)21-11-14-5-4-8-28-14)22-20(25)16-10-18(29-23-16)15-9-13(26-2)6-7-17(15)27-3/h6-7,9-10,12,14H,4-5,8,11H2,1-3H3,(H,21,24)(H,22,25)/t12-,14-/m0/s1. The van der Waals surface area contributed by atoms with Crippen LogP contribution >= 0.6 is 0 Å². The van der Waals surface area contributed by atoms with Gasteiger partial charge in [0.25, 0.3) is 5.91 Å². The van der Waals surface area contributed by atoms with Crippen molar-refractivity contribution in [3.63, 3.8) is 0 Å². The third kappa shape index (κ3) is 5.05. The van der Waals surface area contributed by atoms with Gasteiger partial charge < -0.3 is 29.4 Å². The lowest BCUT2D eigenvalue weighted by molar-refractivity contribution is -0.123. The second-order valence-corrected chi connectivity index (χ2v) is 6.72. The number of nitrogens with zero attached hydrogens (tertiary/aromatic N) is 1. The summed E-state index contributed by atoms with van der Waals surface area (Å²) in [5.74, 6) is 0.713. The third-order valence-corrected chi connectivity index (χ3v) is 4.68. The first-order valence-corrected chi connectivity index (χ1v) is 9.41. The average Bonchev–Trinajstić information content (AvgIpc) is 3.43. The first-order chi connectivity index (χ1) is 14.0. The fraction of sp³-hybridized carbons (Fsp3) is 0.450. The molecule has 156 valence electrons. The van der Waals surface area contributed by atoms with Crippen LogP contribution in [-0.2, 0) is 9.53 Å². The molecule has 2 N–H and O–H groups in total. The molecule has 1 aromatic heterocycles. The molecule has 0 radical (unpaired) electrons. The maximum Gasteiger partial charge on any atom is 0.274 e. The maximum atomic E-state index is 12.4. The summed E-state index contributed by atoms with van der Waals surface area (Å²) in [6.45, 7) is 2.76. The number of carbonyl (C=O) groups excluding carboxylic acids is 2. The number of aromatic nitrogens is 1. The smallest absolute Gasteiger partial charge is 0.274 e. The van der Waals surface area contributed by atoms with Crippen molar-refractivity contribution < 1.29 is 28.3 Å². The molecule has 2 aromatic rings. The average molecular weight is 403 g/mol. The number of hydrogen-bond acceptors (Lipinski definition) is 7. The summed E-state index contributed by atoms with van der Waals surface area (Å²) in [6.07, 6.45) is 1.97. The Morgan fingerprint density at radius 1 is 1.28 bits per heavy atom. The third-order valence-electron chi connectivity index (χ3n) is 4.68. The normalized spacial score (nSPS) is 16.9. The second kappa shape index (κ2) is 9.42. The first-order valence-electron chi connectivity index (χ1n) is 9.41. The van der Waals surface area contributed by atoms with Gasteiger partial charge in [-0.05, 0) is 38.0 Å². The number of amides is 2. The molecule has 0 unspecified atom stereocenters. The van der Waals surface area contributed by atoms with Crippen molar-refractivity contribution in [1.82, 2.24) is 15.8 Å². The lowest BCUT2D eigenvalue weighted by Crippen LogP contribution is -2.46. The van der Waals surface area contributed by atoms with Crippen molar-refractivity contribution in [1.29, 1.82) is 0 Å². The van der Waals surface area contributed by atoms with Crippen LogP contribution < -0.4 is 20.1 Å². The molecule has 3 rings (SSSR count). The fourth-order valence-corrected chi connectivity index (χ4v) is 3.02. The van der Waals surface area contributed by atoms with Crippen molar-refractivity contribution in [2.75, 3.05) is 27.4 Å². The summed E-state index contributed by atoms with van der Waals surface area (Å²) in [7, 11) is 3.09. The number of ether oxygens (including phenoxy) is 3. The molecule has 2 heterocycles. The molecule has 2 atom stereocenters. The number of carbonyl (C=O) groups is 2. The van der Waals surface area contributed by atoms with Crippen LogP contribution in [0.4, 0.5) is 0 Å². The van der Waals surface area contributed by atoms with E-state index >= 15 is 0 Å². The topological polar surface area (TPSA) is 112 Å². The second-order valence-electron chi connectivity index (χ2n) is 6.72. The van der Waals surface area contributed by atoms with Crippen molar-refractivity contribution in [3.8, 4) is 22.8 Å². The van der Waals surface area contributed by atoms with E-state index in [1.54, 1.807) is 32.2 Å². The number of nitrogens with one attached hydrogen (secondary N) is 2. The first kappa shape index (κ1) is 20.7. The molecule has 1 saturated heterocycles. The maximum absolute atomic E-state index is 12.4. The zero-order chi connectivity index (χ0) is 20.8. The van der Waals surface area contributed by atoms with E-state index in [1.807, 2.05) is 0 Å². The molecular formula is C20H25N3O6. The van der Waals surface area contributed by atoms with Crippen molar-refractivity contribution in [2.24, 2.45) is 0 Å². The highest BCUT2D eigenvalue weighted by atomic mass is 16.5. The summed E-state index contributed by atoms with van der Waals surface area (Å²) < 4.78 is 21.3. The molecule has 0 bridgehead atoms. The number of rotatable bonds is 8. The van der Waals surface area contributed by atoms with Gasteiger partial charge in [-0.15, -0.1) is 0 Å². The monoisotopic (exact) mass is 403 g/mol. The number of benzene rings is 1. The van der Waals surface area contributed by atoms with E-state index < -0.39 is 11.9 Å². The lowest BCUT2D eigenvalue weighted by Gasteiger charge is -2.15. The Morgan fingerprint density at radius 3 is 2.79 bits per heavy atom. The molecule has 1 fully saturated rings. The van der Waals surface area contributed by atoms with Gasteiger partial charge in [-0.1, -0.05) is 5.16 Å². The van der Waals surface area contributed by atoms with E-state index in [-0.39, 0.29) is 17.7 Å². The summed E-state index contributed by atoms with van der Waals surface area (Å²) in [5.41, 5.74) is 0.657. The Hall–Kier alpha value is -3.07. The predicted octanol–water partition coefficient (Wildman–Crippen LogP) is 1.77. The molecule has 0 aliphatic carbocycles. The largest absolute Gasteiger partial charge is 0.497 e. The van der Waals surface area contributed by atoms with Crippen LogP contribution in [0.1, 0.15) is 30.3 Å². The minimum absolute atomic E-state index is 0.0396. The van der Waals surface area contributed by atoms with E-state index in [9.17, 15) is 9.59 Å². The number of methoxy groups -OCH3 is 2. The van der Waals surface area contributed by atoms with Gasteiger partial charge in [0.05, 0.1) is 25.9 Å². The Labute approximate surface area is 168 Å². The quantitative estimate of drug-likeness (QED) is 0.691. The van der Waals surface area contributed by atoms with E-state index in [0.717, 1.165) is 19.4 Å². The summed E-state index contributed by atoms with van der Waals surface area (Å²) >= 11 is 0. The Bertz CT molecular complexity index is 860. The molecular weight excluding hydrogens is 378 g/mol. The zero-order valence-corrected chi connectivity index (χ0v) is 16.7. The molecule has 1 aromatic carbocycles. The van der Waals surface area contributed by atoms with Gasteiger partial charge in [0.1, 0.15) is 17.5 Å². The van der Waals surface area contributed by atoms with Gasteiger partial charge in [0.15, 0.2) is 11.5 Å². The predicted molar refractivity (Wildman–Crippen MR) is 104 cm³/mol. The minimum atomic E-state index is -0.726. The van der Waals surface area contributed by atoms with Crippen LogP contribution in [0.3, 0.4) is 0 Å². The van der Waals surface area contributed by atoms with Gasteiger partial charge in [-0.2, -0.15) is 0 Å². The van der Waals surface area contributed by atoms with Crippen molar-refractivity contribution in [3.05, 3.63) is 30.0 Å². The van der Waals surface area contributed by atoms with Crippen LogP contribution in [-0.4, -0.2) is 56.5 Å². The van der Waals surface area contributed by atoms with Crippen LogP contribution in [0.2, 0.25) is 0 Å². The molecule has 1 aliphatic rings. The highest BCUT2D eigenvalue weighted by Crippen LogP contribution is 2.33. The van der Waals surface area contributed by atoms with Crippen LogP contribution in [0.15, 0.2) is 28.8 Å². The summed E-state index contributed by atoms with van der Waals surface area (Å²) in [5, 5.41) is 9.21. The molecule has 0 spiro atoms. The SMILES string of the molecule is COc1ccc(OC)c(-c2cc(C(=O)N[C@@H](C)C(=O)NC[C@@H]3CCCO3)no2)c1. The zero-order valence-electron chi connectivity index (χ0n) is 16.7. The van der Waals surface area contributed by atoms with E-state index in [1.165, 1.54) is 13.2 Å². The molecule has 9 nitrogen and oxygen atoms in total. The Kier molecular flexibility index (Phi) is 6.71. The van der Waals surface area contributed by atoms with Crippen molar-refractivity contribution in [2.45, 2.75) is 31.9 Å². The molecule has 0 saturated carbocycles. The van der Waals surface area contributed by atoms with Gasteiger partial charge in [-0.25, -0.2) is 0 Å². The highest BCUT2D eigenvalue weighted by molar-refractivity contribution is 5.96. The van der Waals surface area contributed by atoms with E-state index in [2.05, 4.69) is 15.8 Å². The molecule has 2 amide bonds. The Balaban J connectivity index is 1.62. The van der Waals surface area contributed by atoms with E-state index in [0.29, 0.717) is 29.4 Å². The summed E-state index contributed by atoms with van der Waals surface area (Å²) in [4.78, 5) is 24.6. The van der Waals surface area contributed by atoms with Gasteiger partial charge in [0, 0.05) is 19.2 Å². The van der Waals surface area contributed by atoms with Gasteiger partial charge in [-0.3, -0.25) is 9.59 Å². The summed E-state index contributed by atoms with van der Waals surface area (Å²) in [6, 6.07) is 5.97. The Morgan fingerprint density at radius 2 is 2.10 bits per heavy atom. The lowest BCUT2D eigenvalue weighted by atomic mass is 10.1. The van der Waals surface area contributed by atoms with Gasteiger partial charge in [0.2, 0.25) is 5.91 Å².